The lowest BCUT2D eigenvalue weighted by Crippen LogP contribution is -2.20. The van der Waals surface area contributed by atoms with Crippen molar-refractivity contribution in [1.82, 2.24) is 0 Å². The molecule has 3 atom stereocenters. The molecule has 2 rings (SSSR count). The van der Waals surface area contributed by atoms with Crippen LogP contribution in [0.3, 0.4) is 0 Å². The van der Waals surface area contributed by atoms with Crippen molar-refractivity contribution in [3.63, 3.8) is 0 Å². The van der Waals surface area contributed by atoms with Gasteiger partial charge in [0, 0.05) is 0 Å². The molecular weight excluding hydrogens is 283 g/mol. The van der Waals surface area contributed by atoms with Crippen molar-refractivity contribution >= 4 is 15.9 Å². The third-order valence-electron chi connectivity index (χ3n) is 3.72. The predicted molar refractivity (Wildman–Crippen MR) is 70.2 cm³/mol. The number of aliphatic hydroxyl groups excluding tert-OH is 1. The Balaban J connectivity index is 2.18. The number of hydrogen-bond acceptors (Lipinski definition) is 1. The fraction of sp³-hybridized carbons (Fsp3) is 0.571. The van der Waals surface area contributed by atoms with Gasteiger partial charge < -0.3 is 5.11 Å². The van der Waals surface area contributed by atoms with Gasteiger partial charge in [-0.05, 0) is 52.2 Å². The molecule has 3 heteroatoms. The van der Waals surface area contributed by atoms with E-state index in [0.29, 0.717) is 16.0 Å². The van der Waals surface area contributed by atoms with Gasteiger partial charge in [-0.1, -0.05) is 31.9 Å². The van der Waals surface area contributed by atoms with Crippen molar-refractivity contribution in [2.45, 2.75) is 38.7 Å². The first kappa shape index (κ1) is 13.0. The Morgan fingerprint density at radius 3 is 2.88 bits per heavy atom. The van der Waals surface area contributed by atoms with Gasteiger partial charge in [-0.15, -0.1) is 0 Å². The van der Waals surface area contributed by atoms with Crippen LogP contribution in [0.25, 0.3) is 0 Å². The zero-order chi connectivity index (χ0) is 12.4. The molecule has 0 aliphatic heterocycles. The van der Waals surface area contributed by atoms with E-state index in [2.05, 4.69) is 22.9 Å². The predicted octanol–water partition coefficient (Wildman–Crippen LogP) is 4.45. The second kappa shape index (κ2) is 5.49. The molecule has 1 aliphatic rings. The first-order valence-corrected chi connectivity index (χ1v) is 7.01. The highest BCUT2D eigenvalue weighted by Gasteiger charge is 2.27. The van der Waals surface area contributed by atoms with E-state index in [9.17, 15) is 9.50 Å². The number of halogens is 2. The second-order valence-electron chi connectivity index (χ2n) is 5.12. The molecule has 0 heterocycles. The van der Waals surface area contributed by atoms with E-state index in [0.717, 1.165) is 19.3 Å². The molecule has 0 saturated heterocycles. The second-order valence-corrected chi connectivity index (χ2v) is 5.91. The molecule has 17 heavy (non-hydrogen) atoms. The molecule has 94 valence electrons. The van der Waals surface area contributed by atoms with E-state index in [1.807, 2.05) is 0 Å². The fourth-order valence-electron chi connectivity index (χ4n) is 2.77. The first-order chi connectivity index (χ1) is 8.09. The van der Waals surface area contributed by atoms with Crippen LogP contribution in [0.1, 0.15) is 44.3 Å². The van der Waals surface area contributed by atoms with Crippen LogP contribution in [0, 0.1) is 17.7 Å². The van der Waals surface area contributed by atoms with Gasteiger partial charge in [0.1, 0.15) is 5.82 Å². The van der Waals surface area contributed by atoms with Crippen molar-refractivity contribution in [3.8, 4) is 0 Å². The highest BCUT2D eigenvalue weighted by molar-refractivity contribution is 9.10. The van der Waals surface area contributed by atoms with Crippen LogP contribution in [0.15, 0.2) is 22.7 Å². The van der Waals surface area contributed by atoms with Gasteiger partial charge >= 0.3 is 0 Å². The monoisotopic (exact) mass is 300 g/mol. The summed E-state index contributed by atoms with van der Waals surface area (Å²) in [5.74, 6) is 0.623. The van der Waals surface area contributed by atoms with Gasteiger partial charge in [-0.2, -0.15) is 0 Å². The van der Waals surface area contributed by atoms with Gasteiger partial charge in [0.2, 0.25) is 0 Å². The van der Waals surface area contributed by atoms with Gasteiger partial charge in [-0.3, -0.25) is 0 Å². The average Bonchev–Trinajstić information content (AvgIpc) is 2.32. The molecule has 0 amide bonds. The molecule has 1 aliphatic carbocycles. The summed E-state index contributed by atoms with van der Waals surface area (Å²) in [6, 6.07) is 4.87. The summed E-state index contributed by atoms with van der Waals surface area (Å²) in [5, 5.41) is 10.4. The summed E-state index contributed by atoms with van der Waals surface area (Å²) >= 11 is 3.23. The fourth-order valence-corrected chi connectivity index (χ4v) is 3.27. The third-order valence-corrected chi connectivity index (χ3v) is 4.56. The topological polar surface area (TPSA) is 20.2 Å². The molecule has 1 saturated carbocycles. The lowest BCUT2D eigenvalue weighted by Gasteiger charge is -2.31. The lowest BCUT2D eigenvalue weighted by molar-refractivity contribution is 0.0706. The zero-order valence-corrected chi connectivity index (χ0v) is 11.6. The molecular formula is C14H18BrFO. The van der Waals surface area contributed by atoms with Crippen molar-refractivity contribution < 1.29 is 9.50 Å². The van der Waals surface area contributed by atoms with Gasteiger partial charge in [0.05, 0.1) is 10.6 Å². The highest BCUT2D eigenvalue weighted by atomic mass is 79.9. The number of hydrogen-bond donors (Lipinski definition) is 1. The van der Waals surface area contributed by atoms with Crippen LogP contribution in [0.2, 0.25) is 0 Å². The summed E-state index contributed by atoms with van der Waals surface area (Å²) in [4.78, 5) is 0. The minimum Gasteiger partial charge on any atom is -0.388 e. The normalized spacial score (nSPS) is 26.8. The summed E-state index contributed by atoms with van der Waals surface area (Å²) < 4.78 is 13.8. The Bertz CT molecular complexity index is 394. The highest BCUT2D eigenvalue weighted by Crippen LogP contribution is 2.39. The molecule has 3 unspecified atom stereocenters. The molecule has 1 N–H and O–H groups in total. The summed E-state index contributed by atoms with van der Waals surface area (Å²) in [6.45, 7) is 2.22. The smallest absolute Gasteiger partial charge is 0.137 e. The average molecular weight is 301 g/mol. The van der Waals surface area contributed by atoms with Gasteiger partial charge in [0.15, 0.2) is 0 Å². The maximum Gasteiger partial charge on any atom is 0.137 e. The maximum atomic E-state index is 13.4. The maximum absolute atomic E-state index is 13.4. The third kappa shape index (κ3) is 2.89. The van der Waals surface area contributed by atoms with Crippen molar-refractivity contribution in [1.29, 1.82) is 0 Å². The molecule has 1 fully saturated rings. The van der Waals surface area contributed by atoms with E-state index >= 15 is 0 Å². The summed E-state index contributed by atoms with van der Waals surface area (Å²) in [5.41, 5.74) is 0.684. The Hall–Kier alpha value is -0.410. The number of benzene rings is 1. The first-order valence-electron chi connectivity index (χ1n) is 6.21. The van der Waals surface area contributed by atoms with Crippen LogP contribution < -0.4 is 0 Å². The quantitative estimate of drug-likeness (QED) is 0.855. The van der Waals surface area contributed by atoms with Gasteiger partial charge in [-0.25, -0.2) is 4.39 Å². The Kier molecular flexibility index (Phi) is 4.21. The van der Waals surface area contributed by atoms with Crippen molar-refractivity contribution in [3.05, 3.63) is 34.1 Å². The largest absolute Gasteiger partial charge is 0.388 e. The van der Waals surface area contributed by atoms with E-state index in [-0.39, 0.29) is 11.7 Å². The van der Waals surface area contributed by atoms with Crippen molar-refractivity contribution in [2.24, 2.45) is 11.8 Å². The summed E-state index contributed by atoms with van der Waals surface area (Å²) in [7, 11) is 0. The van der Waals surface area contributed by atoms with Crippen LogP contribution in [0.4, 0.5) is 4.39 Å². The van der Waals surface area contributed by atoms with Crippen molar-refractivity contribution in [2.75, 3.05) is 0 Å². The van der Waals surface area contributed by atoms with Crippen LogP contribution in [-0.2, 0) is 0 Å². The summed E-state index contributed by atoms with van der Waals surface area (Å²) in [6.07, 6.45) is 3.92. The zero-order valence-electron chi connectivity index (χ0n) is 10.00. The van der Waals surface area contributed by atoms with Crippen LogP contribution in [-0.4, -0.2) is 5.11 Å². The van der Waals surface area contributed by atoms with Crippen LogP contribution in [0.5, 0.6) is 0 Å². The molecule has 1 aromatic rings. The standard InChI is InChI=1S/C14H18BrFO/c1-9-4-2-5-10(8-9)14(17)11-6-3-7-12(16)13(11)15/h3,6-7,9-10,14,17H,2,4-5,8H2,1H3. The molecule has 1 nitrogen and oxygen atoms in total. The molecule has 0 bridgehead atoms. The van der Waals surface area contributed by atoms with E-state index < -0.39 is 6.10 Å². The molecule has 0 aromatic heterocycles. The molecule has 0 spiro atoms. The van der Waals surface area contributed by atoms with E-state index in [1.54, 1.807) is 12.1 Å². The van der Waals surface area contributed by atoms with Gasteiger partial charge in [0.25, 0.3) is 0 Å². The number of aliphatic hydroxyl groups is 1. The van der Waals surface area contributed by atoms with E-state index in [1.165, 1.54) is 12.5 Å². The molecule has 1 aromatic carbocycles. The Morgan fingerprint density at radius 2 is 2.18 bits per heavy atom. The van der Waals surface area contributed by atoms with Crippen LogP contribution >= 0.6 is 15.9 Å². The number of rotatable bonds is 2. The lowest BCUT2D eigenvalue weighted by atomic mass is 9.78. The minimum atomic E-state index is -0.553. The van der Waals surface area contributed by atoms with E-state index in [4.69, 9.17) is 0 Å². The minimum absolute atomic E-state index is 0.261. The Labute approximate surface area is 110 Å². The SMILES string of the molecule is CC1CCCC(C(O)c2cccc(F)c2Br)C1. The Morgan fingerprint density at radius 1 is 1.41 bits per heavy atom. The molecule has 0 radical (unpaired) electrons.